The van der Waals surface area contributed by atoms with Gasteiger partial charge in [0.25, 0.3) is 0 Å². The summed E-state index contributed by atoms with van der Waals surface area (Å²) in [4.78, 5) is 16.8. The van der Waals surface area contributed by atoms with Crippen LogP contribution in [0.1, 0.15) is 0 Å². The van der Waals surface area contributed by atoms with Gasteiger partial charge in [-0.2, -0.15) is 0 Å². The zero-order valence-corrected chi connectivity index (χ0v) is 9.80. The van der Waals surface area contributed by atoms with Gasteiger partial charge in [-0.25, -0.2) is 4.79 Å². The molecule has 0 spiro atoms. The van der Waals surface area contributed by atoms with Crippen LogP contribution in [0.5, 0.6) is 0 Å². The van der Waals surface area contributed by atoms with Crippen LogP contribution in [0.4, 0.5) is 16.2 Å². The van der Waals surface area contributed by atoms with Crippen LogP contribution in [0.25, 0.3) is 0 Å². The van der Waals surface area contributed by atoms with Gasteiger partial charge >= 0.3 is 6.03 Å². The first-order chi connectivity index (χ1) is 7.79. The van der Waals surface area contributed by atoms with Crippen molar-refractivity contribution < 1.29 is 4.79 Å². The topological polar surface area (TPSA) is 59.2 Å². The van der Waals surface area contributed by atoms with E-state index in [2.05, 4.69) is 4.98 Å². The second-order valence-electron chi connectivity index (χ2n) is 3.22. The number of carbonyl (C=O) groups is 1. The Morgan fingerprint density at radius 2 is 1.71 bits per heavy atom. The molecule has 5 heteroatoms. The Morgan fingerprint density at radius 1 is 1.06 bits per heavy atom. The van der Waals surface area contributed by atoms with Crippen molar-refractivity contribution in [2.24, 2.45) is 5.73 Å². The lowest BCUT2D eigenvalue weighted by molar-refractivity contribution is 0.256. The van der Waals surface area contributed by atoms with Crippen LogP contribution >= 0.6 is 12.4 Å². The Balaban J connectivity index is 0.00000144. The summed E-state index contributed by atoms with van der Waals surface area (Å²) in [5.74, 6) is 0. The van der Waals surface area contributed by atoms with E-state index in [9.17, 15) is 4.79 Å². The number of urea groups is 1. The molecule has 0 aliphatic heterocycles. The Morgan fingerprint density at radius 3 is 2.24 bits per heavy atom. The average molecular weight is 250 g/mol. The third-order valence-electron chi connectivity index (χ3n) is 2.14. The number of halogens is 1. The van der Waals surface area contributed by atoms with Crippen molar-refractivity contribution in [3.63, 3.8) is 0 Å². The van der Waals surface area contributed by atoms with E-state index in [1.807, 2.05) is 30.3 Å². The van der Waals surface area contributed by atoms with Crippen LogP contribution in [0.15, 0.2) is 54.9 Å². The molecule has 88 valence electrons. The molecule has 2 aromatic rings. The Bertz CT molecular complexity index is 436. The molecule has 1 aromatic carbocycles. The quantitative estimate of drug-likeness (QED) is 0.890. The van der Waals surface area contributed by atoms with E-state index < -0.39 is 6.03 Å². The van der Waals surface area contributed by atoms with E-state index >= 15 is 0 Å². The number of primary amides is 1. The first kappa shape index (κ1) is 13.0. The molecular weight excluding hydrogens is 238 g/mol. The molecule has 17 heavy (non-hydrogen) atoms. The number of para-hydroxylation sites is 1. The molecule has 0 saturated carbocycles. The zero-order chi connectivity index (χ0) is 11.4. The molecule has 2 rings (SSSR count). The number of rotatable bonds is 2. The standard InChI is InChI=1S/C12H11N3O.ClH/c13-12(16)15(10-5-2-1-3-6-10)11-7-4-8-14-9-11;/h1-9H,(H2,13,16);1H. The van der Waals surface area contributed by atoms with Crippen LogP contribution in [0.3, 0.4) is 0 Å². The average Bonchev–Trinajstić information content (AvgIpc) is 2.31. The van der Waals surface area contributed by atoms with Crippen molar-refractivity contribution in [2.45, 2.75) is 0 Å². The van der Waals surface area contributed by atoms with Gasteiger partial charge in [0.2, 0.25) is 0 Å². The van der Waals surface area contributed by atoms with Gasteiger partial charge in [-0.3, -0.25) is 9.88 Å². The summed E-state index contributed by atoms with van der Waals surface area (Å²) in [7, 11) is 0. The van der Waals surface area contributed by atoms with E-state index in [1.54, 1.807) is 24.5 Å². The van der Waals surface area contributed by atoms with E-state index in [-0.39, 0.29) is 12.4 Å². The largest absolute Gasteiger partial charge is 0.351 e. The molecular formula is C12H12ClN3O. The number of amides is 2. The monoisotopic (exact) mass is 249 g/mol. The van der Waals surface area contributed by atoms with Crippen LogP contribution in [0, 0.1) is 0 Å². The lowest BCUT2D eigenvalue weighted by Crippen LogP contribution is -2.31. The number of nitrogens with two attached hydrogens (primary N) is 1. The smallest absolute Gasteiger partial charge is 0.323 e. The van der Waals surface area contributed by atoms with Gasteiger partial charge in [0.05, 0.1) is 17.6 Å². The van der Waals surface area contributed by atoms with Crippen molar-refractivity contribution in [3.05, 3.63) is 54.9 Å². The number of nitrogens with zero attached hydrogens (tertiary/aromatic N) is 2. The lowest BCUT2D eigenvalue weighted by Gasteiger charge is -2.19. The summed E-state index contributed by atoms with van der Waals surface area (Å²) < 4.78 is 0. The molecule has 0 radical (unpaired) electrons. The van der Waals surface area contributed by atoms with Crippen LogP contribution in [-0.2, 0) is 0 Å². The van der Waals surface area contributed by atoms with E-state index in [0.717, 1.165) is 5.69 Å². The van der Waals surface area contributed by atoms with Crippen molar-refractivity contribution >= 4 is 29.8 Å². The minimum atomic E-state index is -0.529. The van der Waals surface area contributed by atoms with E-state index in [1.165, 1.54) is 4.90 Å². The number of hydrogen-bond acceptors (Lipinski definition) is 2. The van der Waals surface area contributed by atoms with Crippen LogP contribution in [-0.4, -0.2) is 11.0 Å². The molecule has 0 saturated heterocycles. The highest BCUT2D eigenvalue weighted by molar-refractivity contribution is 5.98. The summed E-state index contributed by atoms with van der Waals surface area (Å²) in [6.07, 6.45) is 3.24. The zero-order valence-electron chi connectivity index (χ0n) is 8.98. The maximum absolute atomic E-state index is 11.4. The third kappa shape index (κ3) is 2.95. The molecule has 2 N–H and O–H groups in total. The summed E-state index contributed by atoms with van der Waals surface area (Å²) in [6.45, 7) is 0. The number of pyridine rings is 1. The molecule has 0 aliphatic rings. The third-order valence-corrected chi connectivity index (χ3v) is 2.14. The van der Waals surface area contributed by atoms with Gasteiger partial charge < -0.3 is 5.73 Å². The lowest BCUT2D eigenvalue weighted by atomic mass is 10.2. The first-order valence-electron chi connectivity index (χ1n) is 4.83. The molecule has 0 aliphatic carbocycles. The van der Waals surface area contributed by atoms with Gasteiger partial charge in [0.1, 0.15) is 0 Å². The minimum Gasteiger partial charge on any atom is -0.351 e. The molecule has 0 unspecified atom stereocenters. The van der Waals surface area contributed by atoms with Gasteiger partial charge in [0, 0.05) is 6.20 Å². The second-order valence-corrected chi connectivity index (χ2v) is 3.22. The van der Waals surface area contributed by atoms with Crippen molar-refractivity contribution in [1.29, 1.82) is 0 Å². The van der Waals surface area contributed by atoms with Gasteiger partial charge in [-0.1, -0.05) is 18.2 Å². The number of hydrogen-bond donors (Lipinski definition) is 1. The fourth-order valence-corrected chi connectivity index (χ4v) is 1.47. The normalized spacial score (nSPS) is 9.18. The number of benzene rings is 1. The summed E-state index contributed by atoms with van der Waals surface area (Å²) in [6, 6.07) is 12.2. The minimum absolute atomic E-state index is 0. The van der Waals surface area contributed by atoms with E-state index in [0.29, 0.717) is 5.69 Å². The van der Waals surface area contributed by atoms with Crippen LogP contribution in [0.2, 0.25) is 0 Å². The number of anilines is 2. The maximum Gasteiger partial charge on any atom is 0.323 e. The molecule has 0 atom stereocenters. The number of aromatic nitrogens is 1. The van der Waals surface area contributed by atoms with Crippen molar-refractivity contribution in [2.75, 3.05) is 4.90 Å². The van der Waals surface area contributed by atoms with E-state index in [4.69, 9.17) is 5.73 Å². The van der Waals surface area contributed by atoms with Crippen molar-refractivity contribution in [1.82, 2.24) is 4.98 Å². The summed E-state index contributed by atoms with van der Waals surface area (Å²) in [5, 5.41) is 0. The molecule has 1 heterocycles. The Kier molecular flexibility index (Phi) is 4.48. The fourth-order valence-electron chi connectivity index (χ4n) is 1.47. The van der Waals surface area contributed by atoms with Crippen LogP contribution < -0.4 is 10.6 Å². The Hall–Kier alpha value is -2.07. The Labute approximate surface area is 105 Å². The molecule has 0 bridgehead atoms. The maximum atomic E-state index is 11.4. The van der Waals surface area contributed by atoms with Gasteiger partial charge in [0.15, 0.2) is 0 Å². The predicted octanol–water partition coefficient (Wildman–Crippen LogP) is 2.72. The van der Waals surface area contributed by atoms with Gasteiger partial charge in [-0.15, -0.1) is 12.4 Å². The molecule has 1 aromatic heterocycles. The SMILES string of the molecule is Cl.NC(=O)N(c1ccccc1)c1cccnc1. The highest BCUT2D eigenvalue weighted by Crippen LogP contribution is 2.23. The second kappa shape index (κ2) is 5.86. The predicted molar refractivity (Wildman–Crippen MR) is 69.6 cm³/mol. The highest BCUT2D eigenvalue weighted by Gasteiger charge is 2.13. The fraction of sp³-hybridized carbons (Fsp3) is 0. The van der Waals surface area contributed by atoms with Gasteiger partial charge in [-0.05, 0) is 24.3 Å². The molecule has 2 amide bonds. The highest BCUT2D eigenvalue weighted by atomic mass is 35.5. The number of carbonyl (C=O) groups excluding carboxylic acids is 1. The molecule has 0 fully saturated rings. The summed E-state index contributed by atoms with van der Waals surface area (Å²) >= 11 is 0. The van der Waals surface area contributed by atoms with Crippen molar-refractivity contribution in [3.8, 4) is 0 Å². The molecule has 4 nitrogen and oxygen atoms in total. The summed E-state index contributed by atoms with van der Waals surface area (Å²) in [5.41, 5.74) is 6.74. The first-order valence-corrected chi connectivity index (χ1v) is 4.83.